The summed E-state index contributed by atoms with van der Waals surface area (Å²) < 4.78 is 5.02. The summed E-state index contributed by atoms with van der Waals surface area (Å²) in [4.78, 5) is 4.47. The molecule has 1 heterocycles. The highest BCUT2D eigenvalue weighted by Crippen LogP contribution is 2.21. The lowest BCUT2D eigenvalue weighted by atomic mass is 9.88. The Hall–Kier alpha value is -0.450. The molecule has 0 aliphatic rings. The minimum Gasteiger partial charge on any atom is -0.378 e. The van der Waals surface area contributed by atoms with Crippen LogP contribution in [-0.2, 0) is 17.8 Å². The maximum Gasteiger partial charge on any atom is 0.119 e. The molecule has 0 amide bonds. The molecule has 1 rings (SSSR count). The number of hydrogen-bond acceptors (Lipinski definition) is 4. The summed E-state index contributed by atoms with van der Waals surface area (Å²) in [7, 11) is 1.69. The highest BCUT2D eigenvalue weighted by atomic mass is 32.1. The van der Waals surface area contributed by atoms with Gasteiger partial charge in [0.25, 0.3) is 0 Å². The first-order valence-electron chi connectivity index (χ1n) is 4.70. The number of ether oxygens (including phenoxy) is 1. The summed E-state index contributed by atoms with van der Waals surface area (Å²) in [5.41, 5.74) is 6.93. The Balaban J connectivity index is 2.59. The molecule has 0 spiro atoms. The maximum atomic E-state index is 5.67. The second-order valence-corrected chi connectivity index (χ2v) is 5.15. The number of nitrogens with two attached hydrogens (primary N) is 1. The van der Waals surface area contributed by atoms with E-state index in [1.807, 2.05) is 0 Å². The molecule has 0 unspecified atom stereocenters. The van der Waals surface area contributed by atoms with Crippen LogP contribution in [0.4, 0.5) is 0 Å². The van der Waals surface area contributed by atoms with E-state index in [-0.39, 0.29) is 5.41 Å². The van der Waals surface area contributed by atoms with Crippen molar-refractivity contribution in [2.45, 2.75) is 26.9 Å². The zero-order chi connectivity index (χ0) is 10.6. The third-order valence-corrected chi connectivity index (χ3v) is 2.95. The fourth-order valence-corrected chi connectivity index (χ4v) is 1.95. The van der Waals surface area contributed by atoms with Gasteiger partial charge < -0.3 is 10.5 Å². The summed E-state index contributed by atoms with van der Waals surface area (Å²) in [6.45, 7) is 5.60. The third kappa shape index (κ3) is 3.36. The lowest BCUT2D eigenvalue weighted by Crippen LogP contribution is -2.26. The van der Waals surface area contributed by atoms with Crippen LogP contribution in [0.5, 0.6) is 0 Å². The van der Waals surface area contributed by atoms with Crippen molar-refractivity contribution in [2.75, 3.05) is 13.7 Å². The third-order valence-electron chi connectivity index (χ3n) is 2.08. The van der Waals surface area contributed by atoms with Crippen LogP contribution in [0.25, 0.3) is 0 Å². The molecule has 0 saturated heterocycles. The smallest absolute Gasteiger partial charge is 0.119 e. The number of methoxy groups -OCH3 is 1. The van der Waals surface area contributed by atoms with Crippen LogP contribution < -0.4 is 5.73 Å². The SMILES string of the molecule is COCc1nc(CC(C)(C)CN)cs1. The highest BCUT2D eigenvalue weighted by Gasteiger charge is 2.17. The molecular weight excluding hydrogens is 196 g/mol. The van der Waals surface area contributed by atoms with Gasteiger partial charge in [0, 0.05) is 12.5 Å². The first-order valence-corrected chi connectivity index (χ1v) is 5.57. The highest BCUT2D eigenvalue weighted by molar-refractivity contribution is 7.09. The van der Waals surface area contributed by atoms with Crippen molar-refractivity contribution in [3.8, 4) is 0 Å². The van der Waals surface area contributed by atoms with E-state index in [0.717, 1.165) is 17.1 Å². The first-order chi connectivity index (χ1) is 6.57. The Bertz CT molecular complexity index is 283. The fourth-order valence-electron chi connectivity index (χ4n) is 1.18. The van der Waals surface area contributed by atoms with E-state index in [4.69, 9.17) is 10.5 Å². The summed E-state index contributed by atoms with van der Waals surface area (Å²) in [5, 5.41) is 3.13. The average molecular weight is 214 g/mol. The van der Waals surface area contributed by atoms with Crippen molar-refractivity contribution in [3.05, 3.63) is 16.1 Å². The van der Waals surface area contributed by atoms with E-state index < -0.39 is 0 Å². The van der Waals surface area contributed by atoms with Gasteiger partial charge in [-0.25, -0.2) is 4.98 Å². The molecule has 0 aliphatic carbocycles. The molecule has 2 N–H and O–H groups in total. The van der Waals surface area contributed by atoms with Crippen molar-refractivity contribution >= 4 is 11.3 Å². The number of thiazole rings is 1. The minimum absolute atomic E-state index is 0.137. The Morgan fingerprint density at radius 3 is 2.86 bits per heavy atom. The van der Waals surface area contributed by atoms with Gasteiger partial charge in [-0.15, -0.1) is 11.3 Å². The summed E-state index contributed by atoms with van der Waals surface area (Å²) >= 11 is 1.65. The van der Waals surface area contributed by atoms with Gasteiger partial charge in [0.15, 0.2) is 0 Å². The summed E-state index contributed by atoms with van der Waals surface area (Å²) in [5.74, 6) is 0. The van der Waals surface area contributed by atoms with Crippen molar-refractivity contribution in [3.63, 3.8) is 0 Å². The van der Waals surface area contributed by atoms with Crippen LogP contribution >= 0.6 is 11.3 Å². The molecule has 0 aliphatic heterocycles. The molecule has 0 aromatic carbocycles. The normalized spacial score (nSPS) is 12.0. The van der Waals surface area contributed by atoms with Gasteiger partial charge in [-0.1, -0.05) is 13.8 Å². The standard InChI is InChI=1S/C10H18N2OS/c1-10(2,7-11)4-8-6-14-9(12-8)5-13-3/h6H,4-5,7,11H2,1-3H3. The second-order valence-electron chi connectivity index (χ2n) is 4.21. The molecule has 0 fully saturated rings. The first kappa shape index (κ1) is 11.6. The molecule has 0 saturated carbocycles. The van der Waals surface area contributed by atoms with E-state index in [1.54, 1.807) is 18.4 Å². The van der Waals surface area contributed by atoms with Crippen LogP contribution in [0.2, 0.25) is 0 Å². The molecule has 1 aromatic rings. The van der Waals surface area contributed by atoms with Gasteiger partial charge >= 0.3 is 0 Å². The van der Waals surface area contributed by atoms with Crippen molar-refractivity contribution in [1.29, 1.82) is 0 Å². The van der Waals surface area contributed by atoms with Crippen LogP contribution in [0, 0.1) is 5.41 Å². The largest absolute Gasteiger partial charge is 0.378 e. The van der Waals surface area contributed by atoms with Gasteiger partial charge in [0.05, 0.1) is 12.3 Å². The average Bonchev–Trinajstić information content (AvgIpc) is 2.53. The Labute approximate surface area is 89.3 Å². The molecule has 1 aromatic heterocycles. The van der Waals surface area contributed by atoms with Gasteiger partial charge in [0.2, 0.25) is 0 Å². The monoisotopic (exact) mass is 214 g/mol. The van der Waals surface area contributed by atoms with Gasteiger partial charge in [-0.3, -0.25) is 0 Å². The molecule has 3 nitrogen and oxygen atoms in total. The molecule has 80 valence electrons. The van der Waals surface area contributed by atoms with Crippen molar-refractivity contribution < 1.29 is 4.74 Å². The molecule has 14 heavy (non-hydrogen) atoms. The van der Waals surface area contributed by atoms with Crippen molar-refractivity contribution in [1.82, 2.24) is 4.98 Å². The van der Waals surface area contributed by atoms with Crippen LogP contribution in [0.3, 0.4) is 0 Å². The van der Waals surface area contributed by atoms with Crippen LogP contribution in [0.1, 0.15) is 24.5 Å². The molecule has 0 radical (unpaired) electrons. The Kier molecular flexibility index (Phi) is 4.04. The predicted molar refractivity (Wildman–Crippen MR) is 59.4 cm³/mol. The number of nitrogens with zero attached hydrogens (tertiary/aromatic N) is 1. The van der Waals surface area contributed by atoms with E-state index in [9.17, 15) is 0 Å². The van der Waals surface area contributed by atoms with E-state index in [2.05, 4.69) is 24.2 Å². The predicted octanol–water partition coefficient (Wildman–Crippen LogP) is 1.82. The lowest BCUT2D eigenvalue weighted by Gasteiger charge is -2.20. The number of hydrogen-bond donors (Lipinski definition) is 1. The molecule has 0 atom stereocenters. The fraction of sp³-hybridized carbons (Fsp3) is 0.700. The van der Waals surface area contributed by atoms with E-state index >= 15 is 0 Å². The maximum absolute atomic E-state index is 5.67. The Morgan fingerprint density at radius 2 is 2.29 bits per heavy atom. The molecule has 4 heteroatoms. The topological polar surface area (TPSA) is 48.1 Å². The number of rotatable bonds is 5. The van der Waals surface area contributed by atoms with Crippen molar-refractivity contribution in [2.24, 2.45) is 11.1 Å². The quantitative estimate of drug-likeness (QED) is 0.813. The molecule has 0 bridgehead atoms. The van der Waals surface area contributed by atoms with E-state index in [0.29, 0.717) is 13.2 Å². The summed E-state index contributed by atoms with van der Waals surface area (Å²) in [6.07, 6.45) is 0.934. The zero-order valence-electron chi connectivity index (χ0n) is 9.04. The van der Waals surface area contributed by atoms with Crippen LogP contribution in [-0.4, -0.2) is 18.6 Å². The van der Waals surface area contributed by atoms with Gasteiger partial charge in [-0.2, -0.15) is 0 Å². The van der Waals surface area contributed by atoms with Gasteiger partial charge in [0.1, 0.15) is 5.01 Å². The van der Waals surface area contributed by atoms with Gasteiger partial charge in [-0.05, 0) is 18.4 Å². The molecular formula is C10H18N2OS. The minimum atomic E-state index is 0.137. The lowest BCUT2D eigenvalue weighted by molar-refractivity contribution is 0.184. The summed E-state index contributed by atoms with van der Waals surface area (Å²) in [6, 6.07) is 0. The Morgan fingerprint density at radius 1 is 1.57 bits per heavy atom. The second kappa shape index (κ2) is 4.87. The zero-order valence-corrected chi connectivity index (χ0v) is 9.86. The van der Waals surface area contributed by atoms with Crippen LogP contribution in [0.15, 0.2) is 5.38 Å². The number of aromatic nitrogens is 1. The van der Waals surface area contributed by atoms with E-state index in [1.165, 1.54) is 0 Å².